The Balaban J connectivity index is 0. The predicted octanol–water partition coefficient (Wildman–Crippen LogP) is -1.58. The molecule has 0 radical (unpaired) electrons. The normalized spacial score (nSPS) is 7.67. The summed E-state index contributed by atoms with van der Waals surface area (Å²) in [6, 6.07) is 0. The van der Waals surface area contributed by atoms with Gasteiger partial charge in [-0.1, -0.05) is 0 Å². The quantitative estimate of drug-likeness (QED) is 0.460. The standard InChI is InChI=1S/C3H7O4Si.Hg/c1-6-2-3-7-8(4)5;/h2-3H2,1H3;/q-1;+2. The molecule has 0 aliphatic carbocycles. The van der Waals surface area contributed by atoms with E-state index in [2.05, 4.69) is 9.16 Å². The van der Waals surface area contributed by atoms with Crippen molar-refractivity contribution in [3.63, 3.8) is 0 Å². The number of rotatable bonds is 4. The molecular weight excluding hydrogens is 329 g/mol. The molecule has 0 unspecified atom stereocenters. The molecule has 6 heteroatoms. The van der Waals surface area contributed by atoms with Crippen LogP contribution in [0.1, 0.15) is 0 Å². The minimum atomic E-state index is -2.99. The van der Waals surface area contributed by atoms with Gasteiger partial charge in [-0.25, -0.2) is 0 Å². The Morgan fingerprint density at radius 1 is 1.56 bits per heavy atom. The van der Waals surface area contributed by atoms with Crippen molar-refractivity contribution >= 4 is 9.17 Å². The van der Waals surface area contributed by atoms with Crippen LogP contribution in [0.4, 0.5) is 0 Å². The molecule has 0 saturated heterocycles. The number of hydrogen-bond donors (Lipinski definition) is 0. The van der Waals surface area contributed by atoms with Crippen LogP contribution in [0.2, 0.25) is 0 Å². The maximum atomic E-state index is 9.67. The van der Waals surface area contributed by atoms with E-state index < -0.39 is 9.17 Å². The van der Waals surface area contributed by atoms with Gasteiger partial charge in [-0.15, -0.1) is 0 Å². The predicted molar refractivity (Wildman–Crippen MR) is 24.3 cm³/mol. The zero-order valence-electron chi connectivity index (χ0n) is 5.25. The van der Waals surface area contributed by atoms with Gasteiger partial charge in [-0.2, -0.15) is 0 Å². The third-order valence-electron chi connectivity index (χ3n) is 0.507. The maximum Gasteiger partial charge on any atom is 2.00 e. The van der Waals surface area contributed by atoms with E-state index in [0.29, 0.717) is 6.61 Å². The fraction of sp³-hybridized carbons (Fsp3) is 1.00. The SMILES string of the molecule is COCCO[Si](=O)[O-].[Hg+2]. The van der Waals surface area contributed by atoms with Crippen LogP contribution in [0.15, 0.2) is 0 Å². The van der Waals surface area contributed by atoms with Crippen molar-refractivity contribution in [1.29, 1.82) is 0 Å². The first-order valence-corrected chi connectivity index (χ1v) is 3.32. The Hall–Kier alpha value is 0.512. The largest absolute Gasteiger partial charge is 2.00 e. The van der Waals surface area contributed by atoms with E-state index in [9.17, 15) is 9.26 Å². The molecule has 0 aliphatic rings. The Morgan fingerprint density at radius 3 is 2.44 bits per heavy atom. The molecule has 0 heterocycles. The van der Waals surface area contributed by atoms with Crippen molar-refractivity contribution in [3.05, 3.63) is 0 Å². The van der Waals surface area contributed by atoms with Gasteiger partial charge in [0.15, 0.2) is 0 Å². The molecule has 0 N–H and O–H groups in total. The molecule has 0 amide bonds. The van der Waals surface area contributed by atoms with E-state index in [1.165, 1.54) is 7.11 Å². The van der Waals surface area contributed by atoms with E-state index in [-0.39, 0.29) is 34.3 Å². The molecule has 0 aromatic heterocycles. The molecule has 0 spiro atoms. The zero-order valence-corrected chi connectivity index (χ0v) is 11.8. The second-order valence-corrected chi connectivity index (χ2v) is 1.88. The topological polar surface area (TPSA) is 58.6 Å². The maximum absolute atomic E-state index is 9.67. The fourth-order valence-electron chi connectivity index (χ4n) is 0.208. The van der Waals surface area contributed by atoms with Crippen molar-refractivity contribution in [3.8, 4) is 0 Å². The summed E-state index contributed by atoms with van der Waals surface area (Å²) < 4.78 is 18.3. The molecule has 0 aliphatic heterocycles. The van der Waals surface area contributed by atoms with Crippen LogP contribution in [0.5, 0.6) is 0 Å². The molecule has 0 rings (SSSR count). The molecular formula is C3H7HgO4Si+. The Kier molecular flexibility index (Phi) is 11.6. The molecule has 9 heavy (non-hydrogen) atoms. The monoisotopic (exact) mass is 337 g/mol. The molecule has 0 atom stereocenters. The van der Waals surface area contributed by atoms with Crippen molar-refractivity contribution < 1.29 is 46.1 Å². The molecule has 0 aromatic rings. The summed E-state index contributed by atoms with van der Waals surface area (Å²) in [4.78, 5) is 9.67. The molecule has 0 aromatic carbocycles. The Labute approximate surface area is 75.6 Å². The molecule has 4 nitrogen and oxygen atoms in total. The second kappa shape index (κ2) is 8.51. The number of hydrogen-bond acceptors (Lipinski definition) is 4. The Morgan fingerprint density at radius 2 is 2.11 bits per heavy atom. The Bertz CT molecular complexity index is 78.2. The third kappa shape index (κ3) is 11.9. The van der Waals surface area contributed by atoms with Crippen LogP contribution >= 0.6 is 0 Å². The summed E-state index contributed by atoms with van der Waals surface area (Å²) in [5.74, 6) is 0. The summed E-state index contributed by atoms with van der Waals surface area (Å²) in [7, 11) is -1.51. The van der Waals surface area contributed by atoms with Gasteiger partial charge in [0.05, 0.1) is 6.61 Å². The van der Waals surface area contributed by atoms with Gasteiger partial charge in [0.1, 0.15) is 0 Å². The molecule has 48 valence electrons. The van der Waals surface area contributed by atoms with Gasteiger partial charge in [-0.3, -0.25) is 0 Å². The van der Waals surface area contributed by atoms with Crippen molar-refractivity contribution in [2.24, 2.45) is 0 Å². The van der Waals surface area contributed by atoms with Crippen LogP contribution in [0.3, 0.4) is 0 Å². The summed E-state index contributed by atoms with van der Waals surface area (Å²) in [6.45, 7) is 0.441. The fourth-order valence-corrected chi connectivity index (χ4v) is 0.458. The summed E-state index contributed by atoms with van der Waals surface area (Å²) >= 11 is 0. The van der Waals surface area contributed by atoms with Crippen molar-refractivity contribution in [1.82, 2.24) is 0 Å². The summed E-state index contributed by atoms with van der Waals surface area (Å²) in [6.07, 6.45) is 0. The van der Waals surface area contributed by atoms with Gasteiger partial charge < -0.3 is 18.4 Å². The van der Waals surface area contributed by atoms with Gasteiger partial charge in [0.25, 0.3) is 0 Å². The van der Waals surface area contributed by atoms with E-state index in [4.69, 9.17) is 0 Å². The second-order valence-electron chi connectivity index (χ2n) is 1.09. The third-order valence-corrected chi connectivity index (χ3v) is 0.947. The van der Waals surface area contributed by atoms with E-state index >= 15 is 0 Å². The zero-order chi connectivity index (χ0) is 6.41. The van der Waals surface area contributed by atoms with Crippen molar-refractivity contribution in [2.75, 3.05) is 20.3 Å². The van der Waals surface area contributed by atoms with Crippen LogP contribution in [0.25, 0.3) is 0 Å². The minimum Gasteiger partial charge on any atom is -0.586 e. The van der Waals surface area contributed by atoms with Gasteiger partial charge in [-0.05, 0) is 0 Å². The molecule has 0 saturated carbocycles. The van der Waals surface area contributed by atoms with E-state index in [1.807, 2.05) is 0 Å². The molecule has 0 fully saturated rings. The van der Waals surface area contributed by atoms with Crippen molar-refractivity contribution in [2.45, 2.75) is 0 Å². The molecule has 0 bridgehead atoms. The number of methoxy groups -OCH3 is 1. The van der Waals surface area contributed by atoms with Crippen LogP contribution in [0, 0.1) is 0 Å². The number of ether oxygens (including phenoxy) is 1. The minimum absolute atomic E-state index is 0. The first-order valence-electron chi connectivity index (χ1n) is 2.10. The average Bonchev–Trinajstić information content (AvgIpc) is 1.66. The van der Waals surface area contributed by atoms with Crippen LogP contribution in [-0.2, 0) is 41.3 Å². The van der Waals surface area contributed by atoms with Gasteiger partial charge >= 0.3 is 36.8 Å². The summed E-state index contributed by atoms with van der Waals surface area (Å²) in [5, 5.41) is 0. The first-order chi connectivity index (χ1) is 3.77. The van der Waals surface area contributed by atoms with Crippen LogP contribution < -0.4 is 4.80 Å². The summed E-state index contributed by atoms with van der Waals surface area (Å²) in [5.41, 5.74) is 0. The smallest absolute Gasteiger partial charge is 0.586 e. The average molecular weight is 336 g/mol. The van der Waals surface area contributed by atoms with Crippen LogP contribution in [-0.4, -0.2) is 29.5 Å². The van der Waals surface area contributed by atoms with Gasteiger partial charge in [0, 0.05) is 13.7 Å². The van der Waals surface area contributed by atoms with E-state index in [0.717, 1.165) is 0 Å². The first kappa shape index (κ1) is 12.2. The van der Waals surface area contributed by atoms with E-state index in [1.54, 1.807) is 0 Å². The van der Waals surface area contributed by atoms with Gasteiger partial charge in [0.2, 0.25) is 0 Å².